The summed E-state index contributed by atoms with van der Waals surface area (Å²) in [7, 11) is 0. The number of rotatable bonds is 8. The molecule has 0 atom stereocenters. The van der Waals surface area contributed by atoms with E-state index in [0.29, 0.717) is 19.8 Å². The Bertz CT molecular complexity index is 819. The molecule has 3 rings (SSSR count). The number of benzene rings is 3. The number of halogens is 1. The Morgan fingerprint density at radius 3 is 2.31 bits per heavy atom. The Balaban J connectivity index is 1.66. The fraction of sp³-hybridized carbons (Fsp3) is 0.182. The van der Waals surface area contributed by atoms with Crippen molar-refractivity contribution in [2.45, 2.75) is 20.1 Å². The average Bonchev–Trinajstić information content (AvgIpc) is 2.68. The summed E-state index contributed by atoms with van der Waals surface area (Å²) in [5.74, 6) is 1.52. The molecule has 3 aromatic carbocycles. The third-order valence-electron chi connectivity index (χ3n) is 3.89. The normalized spacial score (nSPS) is 10.4. The van der Waals surface area contributed by atoms with Crippen LogP contribution in [0.15, 0.2) is 72.8 Å². The van der Waals surface area contributed by atoms with E-state index < -0.39 is 0 Å². The van der Waals surface area contributed by atoms with E-state index in [-0.39, 0.29) is 0 Å². The number of hydrogen-bond donors (Lipinski definition) is 1. The van der Waals surface area contributed by atoms with Crippen molar-refractivity contribution in [1.82, 2.24) is 0 Å². The van der Waals surface area contributed by atoms with Gasteiger partial charge >= 0.3 is 0 Å². The second-order valence-electron chi connectivity index (χ2n) is 5.85. The minimum absolute atomic E-state index is 0.517. The molecular formula is C22H22ClNO2. The summed E-state index contributed by atoms with van der Waals surface area (Å²) in [6.07, 6.45) is 0. The molecule has 4 heteroatoms. The molecule has 0 heterocycles. The highest BCUT2D eigenvalue weighted by molar-refractivity contribution is 6.30. The first kappa shape index (κ1) is 18.2. The SMILES string of the molecule is CCOc1cc(CNc2ccc(Cl)cc2)ccc1OCc1ccccc1. The van der Waals surface area contributed by atoms with E-state index in [2.05, 4.69) is 5.32 Å². The van der Waals surface area contributed by atoms with Crippen LogP contribution in [0.1, 0.15) is 18.1 Å². The summed E-state index contributed by atoms with van der Waals surface area (Å²) >= 11 is 5.92. The molecule has 0 unspecified atom stereocenters. The topological polar surface area (TPSA) is 30.5 Å². The average molecular weight is 368 g/mol. The molecule has 3 nitrogen and oxygen atoms in total. The van der Waals surface area contributed by atoms with Crippen LogP contribution in [0.2, 0.25) is 5.02 Å². The van der Waals surface area contributed by atoms with Crippen molar-refractivity contribution in [3.05, 3.63) is 88.9 Å². The van der Waals surface area contributed by atoms with Crippen molar-refractivity contribution >= 4 is 17.3 Å². The van der Waals surface area contributed by atoms with E-state index >= 15 is 0 Å². The zero-order valence-corrected chi connectivity index (χ0v) is 15.5. The molecule has 0 aromatic heterocycles. The monoisotopic (exact) mass is 367 g/mol. The molecule has 0 amide bonds. The largest absolute Gasteiger partial charge is 0.490 e. The van der Waals surface area contributed by atoms with Gasteiger partial charge in [-0.3, -0.25) is 0 Å². The maximum absolute atomic E-state index is 5.95. The molecule has 0 aliphatic heterocycles. The first-order valence-electron chi connectivity index (χ1n) is 8.66. The Morgan fingerprint density at radius 1 is 0.808 bits per heavy atom. The first-order valence-corrected chi connectivity index (χ1v) is 9.04. The zero-order chi connectivity index (χ0) is 18.2. The van der Waals surface area contributed by atoms with Gasteiger partial charge in [0, 0.05) is 17.3 Å². The van der Waals surface area contributed by atoms with Crippen LogP contribution >= 0.6 is 11.6 Å². The Kier molecular flexibility index (Phi) is 6.39. The summed E-state index contributed by atoms with van der Waals surface area (Å²) in [4.78, 5) is 0. The fourth-order valence-electron chi connectivity index (χ4n) is 2.56. The van der Waals surface area contributed by atoms with Gasteiger partial charge in [-0.05, 0) is 54.4 Å². The van der Waals surface area contributed by atoms with E-state index in [1.54, 1.807) is 0 Å². The highest BCUT2D eigenvalue weighted by Crippen LogP contribution is 2.29. The summed E-state index contributed by atoms with van der Waals surface area (Å²) in [5.41, 5.74) is 3.27. The summed E-state index contributed by atoms with van der Waals surface area (Å²) in [6.45, 7) is 3.78. The highest BCUT2D eigenvalue weighted by atomic mass is 35.5. The number of ether oxygens (including phenoxy) is 2. The molecular weight excluding hydrogens is 346 g/mol. The molecule has 0 saturated heterocycles. The van der Waals surface area contributed by atoms with Gasteiger partial charge in [0.2, 0.25) is 0 Å². The van der Waals surface area contributed by atoms with E-state index in [1.807, 2.05) is 79.7 Å². The minimum atomic E-state index is 0.517. The van der Waals surface area contributed by atoms with Crippen LogP contribution in [-0.4, -0.2) is 6.61 Å². The van der Waals surface area contributed by atoms with Crippen molar-refractivity contribution < 1.29 is 9.47 Å². The molecule has 0 aliphatic carbocycles. The van der Waals surface area contributed by atoms with Crippen LogP contribution in [0.4, 0.5) is 5.69 Å². The smallest absolute Gasteiger partial charge is 0.161 e. The molecule has 1 N–H and O–H groups in total. The lowest BCUT2D eigenvalue weighted by atomic mass is 10.2. The van der Waals surface area contributed by atoms with Gasteiger partial charge in [-0.1, -0.05) is 48.0 Å². The highest BCUT2D eigenvalue weighted by Gasteiger charge is 2.07. The number of nitrogens with one attached hydrogen (secondary N) is 1. The van der Waals surface area contributed by atoms with Gasteiger partial charge in [-0.25, -0.2) is 0 Å². The predicted molar refractivity (Wildman–Crippen MR) is 107 cm³/mol. The zero-order valence-electron chi connectivity index (χ0n) is 14.7. The van der Waals surface area contributed by atoms with Crippen LogP contribution in [-0.2, 0) is 13.2 Å². The maximum atomic E-state index is 5.95. The lowest BCUT2D eigenvalue weighted by Crippen LogP contribution is -2.03. The second kappa shape index (κ2) is 9.16. The lowest BCUT2D eigenvalue weighted by Gasteiger charge is -2.14. The first-order chi connectivity index (χ1) is 12.7. The Morgan fingerprint density at radius 2 is 1.58 bits per heavy atom. The molecule has 0 spiro atoms. The van der Waals surface area contributed by atoms with E-state index in [1.165, 1.54) is 0 Å². The number of anilines is 1. The predicted octanol–water partition coefficient (Wildman–Crippen LogP) is 5.93. The lowest BCUT2D eigenvalue weighted by molar-refractivity contribution is 0.269. The van der Waals surface area contributed by atoms with E-state index in [4.69, 9.17) is 21.1 Å². The van der Waals surface area contributed by atoms with Crippen LogP contribution in [0.5, 0.6) is 11.5 Å². The van der Waals surface area contributed by atoms with Crippen LogP contribution < -0.4 is 14.8 Å². The van der Waals surface area contributed by atoms with E-state index in [9.17, 15) is 0 Å². The Labute approximate surface area is 159 Å². The van der Waals surface area contributed by atoms with Gasteiger partial charge in [0.05, 0.1) is 6.61 Å². The van der Waals surface area contributed by atoms with Crippen molar-refractivity contribution in [1.29, 1.82) is 0 Å². The molecule has 0 fully saturated rings. The van der Waals surface area contributed by atoms with Crippen LogP contribution in [0, 0.1) is 0 Å². The van der Waals surface area contributed by atoms with Gasteiger partial charge < -0.3 is 14.8 Å². The van der Waals surface area contributed by atoms with Crippen molar-refractivity contribution in [3.8, 4) is 11.5 Å². The summed E-state index contributed by atoms with van der Waals surface area (Å²) in [5, 5.41) is 4.11. The van der Waals surface area contributed by atoms with Gasteiger partial charge in [0.25, 0.3) is 0 Å². The summed E-state index contributed by atoms with van der Waals surface area (Å²) in [6, 6.07) is 23.8. The van der Waals surface area contributed by atoms with Gasteiger partial charge in [-0.2, -0.15) is 0 Å². The molecule has 0 bridgehead atoms. The third kappa shape index (κ3) is 5.17. The van der Waals surface area contributed by atoms with Gasteiger partial charge in [0.15, 0.2) is 11.5 Å². The van der Waals surface area contributed by atoms with E-state index in [0.717, 1.165) is 33.3 Å². The minimum Gasteiger partial charge on any atom is -0.490 e. The van der Waals surface area contributed by atoms with Gasteiger partial charge in [-0.15, -0.1) is 0 Å². The van der Waals surface area contributed by atoms with Crippen molar-refractivity contribution in [2.75, 3.05) is 11.9 Å². The summed E-state index contributed by atoms with van der Waals surface area (Å²) < 4.78 is 11.7. The molecule has 0 aliphatic rings. The maximum Gasteiger partial charge on any atom is 0.161 e. The molecule has 26 heavy (non-hydrogen) atoms. The number of hydrogen-bond acceptors (Lipinski definition) is 3. The standard InChI is InChI=1S/C22H22ClNO2/c1-2-25-22-14-18(15-24-20-11-9-19(23)10-12-20)8-13-21(22)26-16-17-6-4-3-5-7-17/h3-14,24H,2,15-16H2,1H3. The van der Waals surface area contributed by atoms with Gasteiger partial charge in [0.1, 0.15) is 6.61 Å². The molecule has 3 aromatic rings. The third-order valence-corrected chi connectivity index (χ3v) is 4.14. The second-order valence-corrected chi connectivity index (χ2v) is 6.29. The fourth-order valence-corrected chi connectivity index (χ4v) is 2.68. The van der Waals surface area contributed by atoms with Crippen LogP contribution in [0.25, 0.3) is 0 Å². The molecule has 0 radical (unpaired) electrons. The van der Waals surface area contributed by atoms with Crippen molar-refractivity contribution in [2.24, 2.45) is 0 Å². The molecule has 0 saturated carbocycles. The van der Waals surface area contributed by atoms with Crippen LogP contribution in [0.3, 0.4) is 0 Å². The Hall–Kier alpha value is -2.65. The van der Waals surface area contributed by atoms with Crippen molar-refractivity contribution in [3.63, 3.8) is 0 Å². The molecule has 134 valence electrons. The quantitative estimate of drug-likeness (QED) is 0.535.